The normalized spacial score (nSPS) is 12.6. The van der Waals surface area contributed by atoms with Crippen LogP contribution in [0.15, 0.2) is 60.7 Å². The molecule has 4 aromatic carbocycles. The van der Waals surface area contributed by atoms with Crippen LogP contribution in [-0.4, -0.2) is 43.1 Å². The van der Waals surface area contributed by atoms with Crippen molar-refractivity contribution in [3.05, 3.63) is 128 Å². The lowest BCUT2D eigenvalue weighted by atomic mass is 9.84. The molecule has 2 atom stereocenters. The Morgan fingerprint density at radius 2 is 1.31 bits per heavy atom. The molecule has 2 heterocycles. The van der Waals surface area contributed by atoms with Crippen LogP contribution >= 0.6 is 23.2 Å². The highest BCUT2D eigenvalue weighted by Crippen LogP contribution is 2.43. The summed E-state index contributed by atoms with van der Waals surface area (Å²) >= 11 is 12.2. The zero-order valence-electron chi connectivity index (χ0n) is 29.4. The maximum atomic E-state index is 16.6. The average Bonchev–Trinajstić information content (AvgIpc) is 3.56. The van der Waals surface area contributed by atoms with Gasteiger partial charge in [-0.05, 0) is 67.3 Å². The predicted molar refractivity (Wildman–Crippen MR) is 196 cm³/mol. The molecule has 15 heteroatoms. The Balaban J connectivity index is 1.54. The minimum atomic E-state index is -1.58. The monoisotopic (exact) mass is 796 g/mol. The summed E-state index contributed by atoms with van der Waals surface area (Å²) in [4.78, 5) is 53.8. The third kappa shape index (κ3) is 6.71. The molecule has 0 saturated heterocycles. The van der Waals surface area contributed by atoms with Gasteiger partial charge in [0, 0.05) is 55.5 Å². The molecule has 55 heavy (non-hydrogen) atoms. The number of nitrogens with zero attached hydrogens (tertiary/aromatic N) is 2. The van der Waals surface area contributed by atoms with Crippen molar-refractivity contribution in [1.29, 1.82) is 0 Å². The van der Waals surface area contributed by atoms with Gasteiger partial charge in [-0.15, -0.1) is 0 Å². The van der Waals surface area contributed by atoms with Crippen molar-refractivity contribution in [1.82, 2.24) is 9.13 Å². The molecule has 0 radical (unpaired) electrons. The molecule has 2 unspecified atom stereocenters. The van der Waals surface area contributed by atoms with Gasteiger partial charge < -0.3 is 14.9 Å². The summed E-state index contributed by atoms with van der Waals surface area (Å²) in [5.74, 6) is -15.1. The summed E-state index contributed by atoms with van der Waals surface area (Å²) in [6.45, 7) is 5.92. The van der Waals surface area contributed by atoms with Crippen molar-refractivity contribution in [2.45, 2.75) is 46.5 Å². The Kier molecular flexibility index (Phi) is 10.6. The van der Waals surface area contributed by atoms with E-state index in [2.05, 4.69) is 0 Å². The molecule has 2 N–H and O–H groups in total. The largest absolute Gasteiger partial charge is 0.503 e. The van der Waals surface area contributed by atoms with E-state index in [9.17, 15) is 33.8 Å². The van der Waals surface area contributed by atoms with Gasteiger partial charge in [0.2, 0.25) is 5.75 Å². The Morgan fingerprint density at radius 3 is 1.84 bits per heavy atom. The van der Waals surface area contributed by atoms with E-state index in [1.54, 1.807) is 13.8 Å². The molecule has 0 aliphatic rings. The number of halogens is 6. The maximum absolute atomic E-state index is 16.6. The molecular weight excluding hydrogens is 767 g/mol. The van der Waals surface area contributed by atoms with E-state index < -0.39 is 87.5 Å². The van der Waals surface area contributed by atoms with E-state index >= 15 is 13.2 Å². The Bertz CT molecular complexity index is 2620. The molecule has 2 aromatic heterocycles. The lowest BCUT2D eigenvalue weighted by molar-refractivity contribution is -0.138. The van der Waals surface area contributed by atoms with Crippen LogP contribution in [0.25, 0.3) is 21.8 Å². The molecule has 0 fully saturated rings. The van der Waals surface area contributed by atoms with Crippen LogP contribution in [0.3, 0.4) is 0 Å². The Hall–Kier alpha value is -5.66. The average molecular weight is 798 g/mol. The molecule has 0 aliphatic heterocycles. The number of carbonyl (C=O) groups excluding carboxylic acids is 3. The molecular formula is C40H30Cl2F4N2O7. The number of aliphatic carboxylic acids is 1. The first-order valence-electron chi connectivity index (χ1n) is 16.8. The zero-order chi connectivity index (χ0) is 40.2. The highest BCUT2D eigenvalue weighted by atomic mass is 35.5. The Labute approximate surface area is 320 Å². The van der Waals surface area contributed by atoms with Crippen molar-refractivity contribution in [3.63, 3.8) is 0 Å². The SMILES string of the molecule is CCC(C)C(C(=O)Oc1c(F)cc2c(c1F)c(CC(=O)O)c(C)n2C(=O)c1cccc(Cl)c1)c1c(C)n(C(=O)c2cccc(Cl)c2)c2cc(F)c(O)c(F)c12. The lowest BCUT2D eigenvalue weighted by Gasteiger charge is -2.23. The van der Waals surface area contributed by atoms with Gasteiger partial charge in [0.05, 0.1) is 23.4 Å². The van der Waals surface area contributed by atoms with Crippen LogP contribution in [0.2, 0.25) is 10.0 Å². The first-order chi connectivity index (χ1) is 26.0. The number of hydrogen-bond acceptors (Lipinski definition) is 6. The van der Waals surface area contributed by atoms with Gasteiger partial charge in [-0.2, -0.15) is 0 Å². The highest BCUT2D eigenvalue weighted by molar-refractivity contribution is 6.31. The van der Waals surface area contributed by atoms with Gasteiger partial charge in [0.25, 0.3) is 11.8 Å². The number of ether oxygens (including phenoxy) is 1. The summed E-state index contributed by atoms with van der Waals surface area (Å²) in [6, 6.07) is 12.9. The third-order valence-electron chi connectivity index (χ3n) is 9.74. The van der Waals surface area contributed by atoms with E-state index in [0.717, 1.165) is 21.3 Å². The van der Waals surface area contributed by atoms with Crippen LogP contribution < -0.4 is 4.74 Å². The number of hydrogen-bond donors (Lipinski definition) is 2. The van der Waals surface area contributed by atoms with E-state index in [0.29, 0.717) is 0 Å². The highest BCUT2D eigenvalue weighted by Gasteiger charge is 2.38. The third-order valence-corrected chi connectivity index (χ3v) is 10.2. The van der Waals surface area contributed by atoms with Crippen LogP contribution in [0.5, 0.6) is 11.5 Å². The summed E-state index contributed by atoms with van der Waals surface area (Å²) < 4.78 is 70.9. The topological polar surface area (TPSA) is 128 Å². The molecule has 0 spiro atoms. The number of esters is 1. The first-order valence-corrected chi connectivity index (χ1v) is 17.5. The number of rotatable bonds is 9. The number of aromatic nitrogens is 2. The maximum Gasteiger partial charge on any atom is 0.319 e. The summed E-state index contributed by atoms with van der Waals surface area (Å²) in [7, 11) is 0. The van der Waals surface area contributed by atoms with Gasteiger partial charge in [-0.25, -0.2) is 17.6 Å². The number of carboxylic acids is 1. The van der Waals surface area contributed by atoms with E-state index in [1.807, 2.05) is 0 Å². The quantitative estimate of drug-likeness (QED) is 0.0848. The standard InChI is InChI=1S/C40H30Cl2F4N2O7/c1-5-17(2)30(31-19(4)48(39(53)21-9-7-11-23(42)13-21)28-15-25(43)36(51)34(45)33(28)31)40(54)55-37-26(44)16-27-32(35(37)46)24(14-29(49)50)18(3)47(27)38(52)20-8-6-10-22(41)12-20/h6-13,15-17,30,51H,5,14H2,1-4H3,(H,49,50). The van der Waals surface area contributed by atoms with E-state index in [1.165, 1.54) is 62.4 Å². The summed E-state index contributed by atoms with van der Waals surface area (Å²) in [5.41, 5.74) is -1.20. The number of fused-ring (bicyclic) bond motifs is 2. The van der Waals surface area contributed by atoms with Crippen molar-refractivity contribution >= 4 is 68.8 Å². The van der Waals surface area contributed by atoms with Crippen molar-refractivity contribution in [2.24, 2.45) is 5.92 Å². The Morgan fingerprint density at radius 1 is 0.782 bits per heavy atom. The van der Waals surface area contributed by atoms with Crippen LogP contribution in [-0.2, 0) is 16.0 Å². The molecule has 9 nitrogen and oxygen atoms in total. The predicted octanol–water partition coefficient (Wildman–Crippen LogP) is 9.52. The molecule has 0 saturated carbocycles. The number of carbonyl (C=O) groups is 4. The van der Waals surface area contributed by atoms with Gasteiger partial charge in [0.15, 0.2) is 29.0 Å². The van der Waals surface area contributed by atoms with Crippen LogP contribution in [0, 0.1) is 43.0 Å². The second kappa shape index (κ2) is 14.9. The van der Waals surface area contributed by atoms with Gasteiger partial charge in [-0.3, -0.25) is 28.3 Å². The zero-order valence-corrected chi connectivity index (χ0v) is 31.0. The minimum Gasteiger partial charge on any atom is -0.503 e. The number of phenolic OH excluding ortho intramolecular Hbond substituents is 1. The molecule has 0 aliphatic carbocycles. The summed E-state index contributed by atoms with van der Waals surface area (Å²) in [5, 5.41) is 19.4. The van der Waals surface area contributed by atoms with Crippen LogP contribution in [0.4, 0.5) is 17.6 Å². The van der Waals surface area contributed by atoms with Gasteiger partial charge in [0.1, 0.15) is 0 Å². The fourth-order valence-corrected chi connectivity index (χ4v) is 7.34. The molecule has 6 rings (SSSR count). The molecule has 284 valence electrons. The van der Waals surface area contributed by atoms with Gasteiger partial charge >= 0.3 is 11.9 Å². The number of aromatic hydroxyl groups is 1. The smallest absolute Gasteiger partial charge is 0.319 e. The number of carboxylic acid groups (broad SMARTS) is 1. The molecule has 0 amide bonds. The number of phenols is 1. The van der Waals surface area contributed by atoms with Gasteiger partial charge in [-0.1, -0.05) is 55.6 Å². The van der Waals surface area contributed by atoms with Crippen molar-refractivity contribution in [3.8, 4) is 11.5 Å². The lowest BCUT2D eigenvalue weighted by Crippen LogP contribution is -2.26. The second-order valence-electron chi connectivity index (χ2n) is 13.0. The van der Waals surface area contributed by atoms with E-state index in [4.69, 9.17) is 27.9 Å². The van der Waals surface area contributed by atoms with Crippen molar-refractivity contribution < 1.29 is 51.7 Å². The van der Waals surface area contributed by atoms with Crippen molar-refractivity contribution in [2.75, 3.05) is 0 Å². The second-order valence-corrected chi connectivity index (χ2v) is 13.9. The first kappa shape index (κ1) is 39.0. The molecule has 6 aromatic rings. The molecule has 0 bridgehead atoms. The minimum absolute atomic E-state index is 0.0151. The fraction of sp³-hybridized carbons (Fsp3) is 0.200. The summed E-state index contributed by atoms with van der Waals surface area (Å²) in [6.07, 6.45) is -0.606. The van der Waals surface area contributed by atoms with Crippen LogP contribution in [0.1, 0.15) is 69.4 Å². The van der Waals surface area contributed by atoms with E-state index in [-0.39, 0.29) is 61.1 Å². The fourth-order valence-electron chi connectivity index (χ4n) is 6.96. The number of benzene rings is 4.